The fraction of sp³-hybridized carbons (Fsp3) is 0.579. The molecule has 1 fully saturated rings. The van der Waals surface area contributed by atoms with Crippen LogP contribution in [0.3, 0.4) is 0 Å². The predicted octanol–water partition coefficient (Wildman–Crippen LogP) is 1.57. The van der Waals surface area contributed by atoms with E-state index in [1.165, 1.54) is 6.92 Å². The summed E-state index contributed by atoms with van der Waals surface area (Å²) in [5, 5.41) is 2.87. The maximum Gasteiger partial charge on any atom is 0.225 e. The number of nitrogens with zero attached hydrogens (tertiary/aromatic N) is 1. The molecule has 2 amide bonds. The largest absolute Gasteiger partial charge is 0.349 e. The third-order valence-corrected chi connectivity index (χ3v) is 5.48. The summed E-state index contributed by atoms with van der Waals surface area (Å²) < 4.78 is 25.0. The Kier molecular flexibility index (Phi) is 7.79. The van der Waals surface area contributed by atoms with Crippen molar-refractivity contribution >= 4 is 21.8 Å². The molecule has 7 nitrogen and oxygen atoms in total. The van der Waals surface area contributed by atoms with Gasteiger partial charge in [-0.2, -0.15) is 0 Å². The van der Waals surface area contributed by atoms with Crippen LogP contribution < -0.4 is 10.0 Å². The molecule has 0 unspecified atom stereocenters. The lowest BCUT2D eigenvalue weighted by molar-refractivity contribution is -0.135. The lowest BCUT2D eigenvalue weighted by Gasteiger charge is -2.37. The van der Waals surface area contributed by atoms with Crippen LogP contribution in [0, 0.1) is 0 Å². The highest BCUT2D eigenvalue weighted by atomic mass is 32.2. The third kappa shape index (κ3) is 7.30. The standard InChI is InChI=1S/C19H29N3O4S/c1-15(23)21-18(16-8-4-3-5-9-16)14-19(24)22-13-7-6-10-17(22)11-12-20-27(2,25)26/h3-5,8-9,17-18,20H,6-7,10-14H2,1-2H3,(H,21,23)/t17-,18+/m1/s1. The molecule has 1 heterocycles. The summed E-state index contributed by atoms with van der Waals surface area (Å²) >= 11 is 0. The van der Waals surface area contributed by atoms with Crippen LogP contribution in [0.15, 0.2) is 30.3 Å². The fourth-order valence-corrected chi connectivity index (χ4v) is 4.00. The molecule has 1 aromatic rings. The van der Waals surface area contributed by atoms with Gasteiger partial charge in [0.05, 0.1) is 18.7 Å². The van der Waals surface area contributed by atoms with E-state index in [0.717, 1.165) is 31.1 Å². The smallest absolute Gasteiger partial charge is 0.225 e. The summed E-state index contributed by atoms with van der Waals surface area (Å²) in [6.45, 7) is 2.44. The van der Waals surface area contributed by atoms with E-state index in [1.54, 1.807) is 0 Å². The van der Waals surface area contributed by atoms with E-state index in [9.17, 15) is 18.0 Å². The first-order valence-electron chi connectivity index (χ1n) is 9.32. The third-order valence-electron chi connectivity index (χ3n) is 4.75. The van der Waals surface area contributed by atoms with Crippen molar-refractivity contribution in [2.75, 3.05) is 19.3 Å². The quantitative estimate of drug-likeness (QED) is 0.698. The zero-order valence-electron chi connectivity index (χ0n) is 16.0. The molecular weight excluding hydrogens is 366 g/mol. The lowest BCUT2D eigenvalue weighted by atomic mass is 9.97. The van der Waals surface area contributed by atoms with Gasteiger partial charge in [0.2, 0.25) is 21.8 Å². The summed E-state index contributed by atoms with van der Waals surface area (Å²) in [5.74, 6) is -0.189. The highest BCUT2D eigenvalue weighted by molar-refractivity contribution is 7.88. The lowest BCUT2D eigenvalue weighted by Crippen LogP contribution is -2.46. The van der Waals surface area contributed by atoms with Crippen LogP contribution in [-0.4, -0.2) is 50.5 Å². The highest BCUT2D eigenvalue weighted by Crippen LogP contribution is 2.24. The Labute approximate surface area is 161 Å². The number of sulfonamides is 1. The van der Waals surface area contributed by atoms with Crippen LogP contribution in [0.1, 0.15) is 50.6 Å². The van der Waals surface area contributed by atoms with Crippen molar-refractivity contribution in [3.8, 4) is 0 Å². The van der Waals surface area contributed by atoms with E-state index in [4.69, 9.17) is 0 Å². The molecule has 2 rings (SSSR count). The van der Waals surface area contributed by atoms with Gasteiger partial charge in [-0.15, -0.1) is 0 Å². The highest BCUT2D eigenvalue weighted by Gasteiger charge is 2.28. The Morgan fingerprint density at radius 3 is 2.56 bits per heavy atom. The fourth-order valence-electron chi connectivity index (χ4n) is 3.51. The molecule has 8 heteroatoms. The number of carbonyl (C=O) groups is 2. The monoisotopic (exact) mass is 395 g/mol. The van der Waals surface area contributed by atoms with E-state index in [0.29, 0.717) is 19.5 Å². The number of benzene rings is 1. The van der Waals surface area contributed by atoms with E-state index < -0.39 is 10.0 Å². The molecule has 0 saturated carbocycles. The molecule has 27 heavy (non-hydrogen) atoms. The van der Waals surface area contributed by atoms with Crippen molar-refractivity contribution in [1.82, 2.24) is 14.9 Å². The zero-order chi connectivity index (χ0) is 19.9. The number of amides is 2. The zero-order valence-corrected chi connectivity index (χ0v) is 16.8. The molecule has 0 aliphatic carbocycles. The molecule has 1 aliphatic rings. The van der Waals surface area contributed by atoms with Gasteiger partial charge in [0, 0.05) is 26.1 Å². The van der Waals surface area contributed by atoms with Gasteiger partial charge in [-0.1, -0.05) is 30.3 Å². The van der Waals surface area contributed by atoms with Crippen molar-refractivity contribution in [3.63, 3.8) is 0 Å². The summed E-state index contributed by atoms with van der Waals surface area (Å²) in [6.07, 6.45) is 4.76. The van der Waals surface area contributed by atoms with Crippen molar-refractivity contribution in [3.05, 3.63) is 35.9 Å². The molecule has 0 radical (unpaired) electrons. The van der Waals surface area contributed by atoms with Crippen molar-refractivity contribution in [2.45, 2.75) is 51.1 Å². The predicted molar refractivity (Wildman–Crippen MR) is 104 cm³/mol. The summed E-state index contributed by atoms with van der Waals surface area (Å²) in [7, 11) is -3.23. The molecule has 0 bridgehead atoms. The van der Waals surface area contributed by atoms with Crippen LogP contribution >= 0.6 is 0 Å². The van der Waals surface area contributed by atoms with Gasteiger partial charge in [0.15, 0.2) is 0 Å². The molecule has 1 aliphatic heterocycles. The molecule has 0 aromatic heterocycles. The second-order valence-corrected chi connectivity index (χ2v) is 8.89. The van der Waals surface area contributed by atoms with Gasteiger partial charge in [-0.05, 0) is 31.2 Å². The Balaban J connectivity index is 2.03. The number of likely N-dealkylation sites (tertiary alicyclic amines) is 1. The number of hydrogen-bond donors (Lipinski definition) is 2. The molecule has 1 aromatic carbocycles. The Morgan fingerprint density at radius 1 is 1.22 bits per heavy atom. The molecule has 1 saturated heterocycles. The maximum atomic E-state index is 13.0. The minimum atomic E-state index is -3.23. The van der Waals surface area contributed by atoms with E-state index in [2.05, 4.69) is 10.0 Å². The summed E-state index contributed by atoms with van der Waals surface area (Å²) in [4.78, 5) is 26.4. The van der Waals surface area contributed by atoms with E-state index in [1.807, 2.05) is 35.2 Å². The minimum absolute atomic E-state index is 0.0124. The van der Waals surface area contributed by atoms with Gasteiger partial charge in [-0.3, -0.25) is 9.59 Å². The number of hydrogen-bond acceptors (Lipinski definition) is 4. The normalized spacial score (nSPS) is 18.7. The van der Waals surface area contributed by atoms with Crippen LogP contribution in [0.2, 0.25) is 0 Å². The molecule has 0 spiro atoms. The molecule has 2 N–H and O–H groups in total. The summed E-state index contributed by atoms with van der Waals surface area (Å²) in [6, 6.07) is 9.12. The Morgan fingerprint density at radius 2 is 1.93 bits per heavy atom. The first kappa shape index (κ1) is 21.4. The van der Waals surface area contributed by atoms with Crippen LogP contribution in [-0.2, 0) is 19.6 Å². The Bertz CT molecular complexity index is 737. The van der Waals surface area contributed by atoms with Gasteiger partial charge in [-0.25, -0.2) is 13.1 Å². The number of rotatable bonds is 8. The van der Waals surface area contributed by atoms with E-state index in [-0.39, 0.29) is 30.3 Å². The van der Waals surface area contributed by atoms with Crippen LogP contribution in [0.25, 0.3) is 0 Å². The average molecular weight is 396 g/mol. The molecule has 150 valence electrons. The first-order valence-corrected chi connectivity index (χ1v) is 11.2. The number of piperidine rings is 1. The van der Waals surface area contributed by atoms with Crippen molar-refractivity contribution < 1.29 is 18.0 Å². The van der Waals surface area contributed by atoms with Gasteiger partial charge in [0.1, 0.15) is 0 Å². The number of carbonyl (C=O) groups excluding carboxylic acids is 2. The van der Waals surface area contributed by atoms with Gasteiger partial charge < -0.3 is 10.2 Å². The number of nitrogens with one attached hydrogen (secondary N) is 2. The second-order valence-electron chi connectivity index (χ2n) is 7.06. The topological polar surface area (TPSA) is 95.6 Å². The van der Waals surface area contributed by atoms with Crippen LogP contribution in [0.4, 0.5) is 0 Å². The molecular formula is C19H29N3O4S. The maximum absolute atomic E-state index is 13.0. The second kappa shape index (κ2) is 9.85. The SMILES string of the molecule is CC(=O)N[C@@H](CC(=O)N1CCCC[C@@H]1CCNS(C)(=O)=O)c1ccccc1. The first-order chi connectivity index (χ1) is 12.8. The van der Waals surface area contributed by atoms with Crippen molar-refractivity contribution in [2.24, 2.45) is 0 Å². The molecule has 2 atom stereocenters. The Hall–Kier alpha value is -1.93. The minimum Gasteiger partial charge on any atom is -0.349 e. The van der Waals surface area contributed by atoms with Crippen LogP contribution in [0.5, 0.6) is 0 Å². The van der Waals surface area contributed by atoms with Crippen molar-refractivity contribution in [1.29, 1.82) is 0 Å². The average Bonchev–Trinajstić information content (AvgIpc) is 2.61. The van der Waals surface area contributed by atoms with E-state index >= 15 is 0 Å². The summed E-state index contributed by atoms with van der Waals surface area (Å²) in [5.41, 5.74) is 0.897. The van der Waals surface area contributed by atoms with Gasteiger partial charge in [0.25, 0.3) is 0 Å². The van der Waals surface area contributed by atoms with Gasteiger partial charge >= 0.3 is 0 Å².